The number of hydrogen-bond acceptors (Lipinski definition) is 5. The molecule has 2 N–H and O–H groups in total. The number of furan rings is 1. The molecule has 0 aliphatic rings. The quantitative estimate of drug-likeness (QED) is 0.387. The van der Waals surface area contributed by atoms with Gasteiger partial charge in [0.1, 0.15) is 5.58 Å². The predicted molar refractivity (Wildman–Crippen MR) is 115 cm³/mol. The van der Waals surface area contributed by atoms with Crippen molar-refractivity contribution in [2.75, 3.05) is 5.32 Å². The van der Waals surface area contributed by atoms with Crippen LogP contribution in [0.25, 0.3) is 22.1 Å². The normalized spacial score (nSPS) is 10.7. The predicted octanol–water partition coefficient (Wildman–Crippen LogP) is 4.49. The van der Waals surface area contributed by atoms with Crippen LogP contribution in [-0.4, -0.2) is 11.0 Å². The topological polar surface area (TPSA) is 84.5 Å². The lowest BCUT2D eigenvalue weighted by molar-refractivity contribution is 0.0950. The summed E-state index contributed by atoms with van der Waals surface area (Å²) in [5, 5.41) is 6.51. The number of thiocarbonyl (C=S) groups is 1. The van der Waals surface area contributed by atoms with Gasteiger partial charge in [-0.2, -0.15) is 0 Å². The van der Waals surface area contributed by atoms with Gasteiger partial charge in [-0.25, -0.2) is 4.79 Å². The number of anilines is 1. The Morgan fingerprint density at radius 2 is 1.86 bits per heavy atom. The Morgan fingerprint density at radius 3 is 2.66 bits per heavy atom. The zero-order chi connectivity index (χ0) is 20.4. The van der Waals surface area contributed by atoms with Crippen LogP contribution in [0.5, 0.6) is 0 Å². The number of rotatable bonds is 3. The van der Waals surface area contributed by atoms with E-state index in [9.17, 15) is 9.59 Å². The number of carbonyl (C=O) groups excluding carboxylic acids is 1. The van der Waals surface area contributed by atoms with Crippen LogP contribution in [0.3, 0.4) is 0 Å². The van der Waals surface area contributed by atoms with E-state index in [1.54, 1.807) is 30.3 Å². The lowest BCUT2D eigenvalue weighted by atomic mass is 10.0. The maximum atomic E-state index is 12.4. The van der Waals surface area contributed by atoms with Crippen molar-refractivity contribution in [2.45, 2.75) is 6.92 Å². The number of amides is 1. The van der Waals surface area contributed by atoms with Gasteiger partial charge in [-0.05, 0) is 60.6 Å². The fourth-order valence-corrected chi connectivity index (χ4v) is 3.12. The van der Waals surface area contributed by atoms with Crippen LogP contribution >= 0.6 is 12.2 Å². The highest BCUT2D eigenvalue weighted by atomic mass is 32.1. The number of fused-ring (bicyclic) bond motifs is 1. The highest BCUT2D eigenvalue weighted by Gasteiger charge is 2.13. The molecule has 0 saturated carbocycles. The van der Waals surface area contributed by atoms with Crippen molar-refractivity contribution in [3.8, 4) is 11.1 Å². The van der Waals surface area contributed by atoms with E-state index in [0.29, 0.717) is 22.4 Å². The Labute approximate surface area is 171 Å². The van der Waals surface area contributed by atoms with Gasteiger partial charge in [0.25, 0.3) is 5.91 Å². The summed E-state index contributed by atoms with van der Waals surface area (Å²) in [5.74, 6) is -0.287. The Bertz CT molecular complexity index is 1280. The van der Waals surface area contributed by atoms with Gasteiger partial charge in [0.15, 0.2) is 10.9 Å². The molecule has 0 bridgehead atoms. The maximum absolute atomic E-state index is 12.4. The molecular formula is C22H16N2O4S. The van der Waals surface area contributed by atoms with Crippen LogP contribution in [0.2, 0.25) is 0 Å². The average molecular weight is 404 g/mol. The van der Waals surface area contributed by atoms with E-state index in [-0.39, 0.29) is 10.9 Å². The SMILES string of the molecule is Cc1ccc(-c2cc3ccccc3oc2=O)cc1NC(=S)NC(=O)c1ccco1. The molecule has 0 fully saturated rings. The summed E-state index contributed by atoms with van der Waals surface area (Å²) in [7, 11) is 0. The first-order valence-electron chi connectivity index (χ1n) is 8.81. The molecule has 0 aliphatic carbocycles. The highest BCUT2D eigenvalue weighted by Crippen LogP contribution is 2.26. The summed E-state index contributed by atoms with van der Waals surface area (Å²) < 4.78 is 10.5. The minimum absolute atomic E-state index is 0.122. The van der Waals surface area contributed by atoms with Gasteiger partial charge in [-0.15, -0.1) is 0 Å². The van der Waals surface area contributed by atoms with Gasteiger partial charge in [0.05, 0.1) is 11.8 Å². The third-order valence-electron chi connectivity index (χ3n) is 4.41. The molecule has 0 unspecified atom stereocenters. The molecule has 0 saturated heterocycles. The van der Waals surface area contributed by atoms with Gasteiger partial charge in [0.2, 0.25) is 0 Å². The van der Waals surface area contributed by atoms with Crippen molar-refractivity contribution >= 4 is 39.9 Å². The number of benzene rings is 2. The molecule has 2 heterocycles. The first-order valence-corrected chi connectivity index (χ1v) is 9.22. The highest BCUT2D eigenvalue weighted by molar-refractivity contribution is 7.80. The Balaban J connectivity index is 1.61. The van der Waals surface area contributed by atoms with Crippen molar-refractivity contribution in [3.05, 3.63) is 88.7 Å². The van der Waals surface area contributed by atoms with Crippen LogP contribution in [0, 0.1) is 6.92 Å². The standard InChI is InChI=1S/C22H16N2O4S/c1-13-8-9-14(16-11-15-5-2-3-6-18(15)28-21(16)26)12-17(13)23-22(29)24-20(25)19-7-4-10-27-19/h2-12H,1H3,(H2,23,24,25,29). The minimum atomic E-state index is -0.448. The zero-order valence-electron chi connectivity index (χ0n) is 15.4. The molecule has 0 spiro atoms. The fraction of sp³-hybridized carbons (Fsp3) is 0.0455. The monoisotopic (exact) mass is 404 g/mol. The average Bonchev–Trinajstić information content (AvgIpc) is 3.24. The van der Waals surface area contributed by atoms with Crippen molar-refractivity contribution in [3.63, 3.8) is 0 Å². The zero-order valence-corrected chi connectivity index (χ0v) is 16.2. The summed E-state index contributed by atoms with van der Waals surface area (Å²) in [4.78, 5) is 24.5. The van der Waals surface area contributed by atoms with Crippen LogP contribution in [0.1, 0.15) is 16.1 Å². The lowest BCUT2D eigenvalue weighted by Crippen LogP contribution is -2.34. The molecular weight excluding hydrogens is 388 g/mol. The molecule has 7 heteroatoms. The van der Waals surface area contributed by atoms with Gasteiger partial charge in [-0.3, -0.25) is 10.1 Å². The molecule has 0 radical (unpaired) electrons. The number of nitrogens with one attached hydrogen (secondary N) is 2. The summed E-state index contributed by atoms with van der Waals surface area (Å²) >= 11 is 5.23. The molecule has 4 aromatic rings. The van der Waals surface area contributed by atoms with Gasteiger partial charge in [0, 0.05) is 11.1 Å². The maximum Gasteiger partial charge on any atom is 0.344 e. The molecule has 0 aliphatic heterocycles. The molecule has 0 atom stereocenters. The molecule has 2 aromatic heterocycles. The Morgan fingerprint density at radius 1 is 1.03 bits per heavy atom. The summed E-state index contributed by atoms with van der Waals surface area (Å²) in [6, 6.07) is 17.8. The first-order chi connectivity index (χ1) is 14.0. The van der Waals surface area contributed by atoms with Crippen molar-refractivity contribution < 1.29 is 13.6 Å². The second-order valence-corrected chi connectivity index (χ2v) is 6.81. The van der Waals surface area contributed by atoms with E-state index in [1.165, 1.54) is 6.26 Å². The summed E-state index contributed by atoms with van der Waals surface area (Å²) in [6.07, 6.45) is 1.41. The number of hydrogen-bond donors (Lipinski definition) is 2. The number of carbonyl (C=O) groups is 1. The Kier molecular flexibility index (Phi) is 4.97. The summed E-state index contributed by atoms with van der Waals surface area (Å²) in [6.45, 7) is 1.89. The smallest absolute Gasteiger partial charge is 0.344 e. The van der Waals surface area contributed by atoms with E-state index in [4.69, 9.17) is 21.1 Å². The first kappa shape index (κ1) is 18.6. The van der Waals surface area contributed by atoms with E-state index in [1.807, 2.05) is 37.3 Å². The van der Waals surface area contributed by atoms with E-state index < -0.39 is 11.5 Å². The van der Waals surface area contributed by atoms with Gasteiger partial charge < -0.3 is 14.2 Å². The van der Waals surface area contributed by atoms with Gasteiger partial charge in [-0.1, -0.05) is 30.3 Å². The van der Waals surface area contributed by atoms with Crippen molar-refractivity contribution in [2.24, 2.45) is 0 Å². The van der Waals surface area contributed by atoms with E-state index in [2.05, 4.69) is 10.6 Å². The van der Waals surface area contributed by atoms with Crippen LogP contribution in [0.4, 0.5) is 5.69 Å². The second-order valence-electron chi connectivity index (χ2n) is 6.40. The van der Waals surface area contributed by atoms with E-state index >= 15 is 0 Å². The number of aryl methyl sites for hydroxylation is 1. The molecule has 29 heavy (non-hydrogen) atoms. The van der Waals surface area contributed by atoms with Crippen LogP contribution < -0.4 is 16.3 Å². The number of para-hydroxylation sites is 1. The minimum Gasteiger partial charge on any atom is -0.459 e. The molecule has 144 valence electrons. The summed E-state index contributed by atoms with van der Waals surface area (Å²) in [5.41, 5.74) is 2.80. The van der Waals surface area contributed by atoms with Crippen LogP contribution in [-0.2, 0) is 0 Å². The van der Waals surface area contributed by atoms with Gasteiger partial charge >= 0.3 is 5.63 Å². The van der Waals surface area contributed by atoms with Crippen LogP contribution in [0.15, 0.2) is 80.6 Å². The van der Waals surface area contributed by atoms with E-state index in [0.717, 1.165) is 10.9 Å². The lowest BCUT2D eigenvalue weighted by Gasteiger charge is -2.13. The Hall–Kier alpha value is -3.71. The second kappa shape index (κ2) is 7.73. The van der Waals surface area contributed by atoms with Crippen molar-refractivity contribution in [1.29, 1.82) is 0 Å². The third kappa shape index (κ3) is 3.95. The molecule has 4 rings (SSSR count). The molecule has 2 aromatic carbocycles. The fourth-order valence-electron chi connectivity index (χ4n) is 2.91. The van der Waals surface area contributed by atoms with Crippen molar-refractivity contribution in [1.82, 2.24) is 5.32 Å². The molecule has 6 nitrogen and oxygen atoms in total. The molecule has 1 amide bonds. The third-order valence-corrected chi connectivity index (χ3v) is 4.61. The largest absolute Gasteiger partial charge is 0.459 e.